The summed E-state index contributed by atoms with van der Waals surface area (Å²) >= 11 is 0. The molecule has 0 aliphatic rings. The molecule has 1 unspecified atom stereocenters. The van der Waals surface area contributed by atoms with Crippen LogP contribution in [0.1, 0.15) is 291 Å². The second-order valence-corrected chi connectivity index (χ2v) is 19.1. The number of rotatable bonds is 51. The molecule has 0 saturated heterocycles. The first-order valence-electron chi connectivity index (χ1n) is 27.8. The summed E-state index contributed by atoms with van der Waals surface area (Å²) in [5, 5.41) is 9.64. The quantitative estimate of drug-likeness (QED) is 0.0481. The summed E-state index contributed by atoms with van der Waals surface area (Å²) < 4.78 is 17.2. The SMILES string of the molecule is CCCCCCCCCCCC(CCCCCC)OC(=O)OCCCCCCCCN(CCO)CCCCCCCCOC(=O)C(CCCCCCCC)CCCCCCCC. The lowest BCUT2D eigenvalue weighted by Gasteiger charge is -2.21. The molecule has 62 heavy (non-hydrogen) atoms. The van der Waals surface area contributed by atoms with E-state index in [0.717, 1.165) is 103 Å². The van der Waals surface area contributed by atoms with Gasteiger partial charge in [-0.15, -0.1) is 0 Å². The Balaban J connectivity index is 4.08. The molecular formula is C55H109NO6. The van der Waals surface area contributed by atoms with Gasteiger partial charge in [0.25, 0.3) is 0 Å². The number of aliphatic hydroxyl groups is 1. The zero-order valence-corrected chi connectivity index (χ0v) is 42.3. The average Bonchev–Trinajstić information content (AvgIpc) is 3.27. The van der Waals surface area contributed by atoms with Crippen LogP contribution in [0.3, 0.4) is 0 Å². The van der Waals surface area contributed by atoms with Gasteiger partial charge in [-0.05, 0) is 77.3 Å². The molecule has 1 atom stereocenters. The van der Waals surface area contributed by atoms with E-state index in [2.05, 4.69) is 32.6 Å². The minimum absolute atomic E-state index is 0.000723. The summed E-state index contributed by atoms with van der Waals surface area (Å²) in [6, 6.07) is 0. The van der Waals surface area contributed by atoms with E-state index in [1.165, 1.54) is 180 Å². The number of carbonyl (C=O) groups is 2. The largest absolute Gasteiger partial charge is 0.508 e. The Kier molecular flexibility index (Phi) is 49.6. The third kappa shape index (κ3) is 43.9. The van der Waals surface area contributed by atoms with Gasteiger partial charge in [0.15, 0.2) is 0 Å². The van der Waals surface area contributed by atoms with Crippen LogP contribution < -0.4 is 0 Å². The third-order valence-electron chi connectivity index (χ3n) is 13.0. The Morgan fingerprint density at radius 2 is 0.710 bits per heavy atom. The van der Waals surface area contributed by atoms with Gasteiger partial charge in [-0.25, -0.2) is 4.79 Å². The predicted molar refractivity (Wildman–Crippen MR) is 266 cm³/mol. The standard InChI is InChI=1S/C55H109NO6/c1-5-9-13-17-20-21-22-29-37-45-53(44-36-16-12-8-4)62-55(59)61-51-41-33-26-24-31-39-47-56(48-49-57)46-38-30-23-25-32-40-50-60-54(58)52(42-34-27-18-14-10-6-2)43-35-28-19-15-11-7-3/h52-53,57H,5-51H2,1-4H3. The van der Waals surface area contributed by atoms with E-state index < -0.39 is 6.16 Å². The van der Waals surface area contributed by atoms with Crippen molar-refractivity contribution >= 4 is 12.1 Å². The van der Waals surface area contributed by atoms with Crippen molar-refractivity contribution < 1.29 is 28.9 Å². The first-order chi connectivity index (χ1) is 30.5. The maximum atomic E-state index is 13.0. The summed E-state index contributed by atoms with van der Waals surface area (Å²) in [5.41, 5.74) is 0. The zero-order valence-electron chi connectivity index (χ0n) is 42.3. The van der Waals surface area contributed by atoms with E-state index >= 15 is 0 Å². The average molecular weight is 880 g/mol. The Labute approximate surface area is 387 Å². The van der Waals surface area contributed by atoms with Crippen LogP contribution in [0.5, 0.6) is 0 Å². The maximum Gasteiger partial charge on any atom is 0.508 e. The number of carbonyl (C=O) groups excluding carboxylic acids is 2. The monoisotopic (exact) mass is 880 g/mol. The van der Waals surface area contributed by atoms with Crippen LogP contribution in [-0.2, 0) is 19.0 Å². The van der Waals surface area contributed by atoms with Gasteiger partial charge in [0.05, 0.1) is 25.7 Å². The normalized spacial score (nSPS) is 12.1. The Morgan fingerprint density at radius 1 is 0.387 bits per heavy atom. The molecule has 0 saturated carbocycles. The molecule has 0 amide bonds. The molecule has 0 bridgehead atoms. The van der Waals surface area contributed by atoms with Gasteiger partial charge in [-0.2, -0.15) is 0 Å². The number of ether oxygens (including phenoxy) is 3. The highest BCUT2D eigenvalue weighted by molar-refractivity contribution is 5.72. The van der Waals surface area contributed by atoms with Gasteiger partial charge >= 0.3 is 12.1 Å². The number of hydrogen-bond donors (Lipinski definition) is 1. The number of unbranched alkanes of at least 4 members (excludes halogenated alkanes) is 31. The lowest BCUT2D eigenvalue weighted by molar-refractivity contribution is -0.149. The summed E-state index contributed by atoms with van der Waals surface area (Å²) in [4.78, 5) is 28.0. The number of hydrogen-bond acceptors (Lipinski definition) is 7. The Bertz CT molecular complexity index is 885. The molecule has 0 aliphatic heterocycles. The molecule has 0 radical (unpaired) electrons. The van der Waals surface area contributed by atoms with Crippen molar-refractivity contribution in [3.05, 3.63) is 0 Å². The minimum Gasteiger partial charge on any atom is -0.465 e. The van der Waals surface area contributed by atoms with Crippen molar-refractivity contribution in [2.75, 3.05) is 39.5 Å². The fourth-order valence-corrected chi connectivity index (χ4v) is 8.85. The van der Waals surface area contributed by atoms with Gasteiger partial charge in [-0.1, -0.05) is 227 Å². The van der Waals surface area contributed by atoms with E-state index in [1.54, 1.807) is 0 Å². The van der Waals surface area contributed by atoms with Gasteiger partial charge in [0.2, 0.25) is 0 Å². The second-order valence-electron chi connectivity index (χ2n) is 19.1. The van der Waals surface area contributed by atoms with Crippen LogP contribution in [0.15, 0.2) is 0 Å². The van der Waals surface area contributed by atoms with Gasteiger partial charge in [0, 0.05) is 6.54 Å². The minimum atomic E-state index is -0.468. The highest BCUT2D eigenvalue weighted by Gasteiger charge is 2.19. The summed E-state index contributed by atoms with van der Waals surface area (Å²) in [5.74, 6) is 0.163. The summed E-state index contributed by atoms with van der Waals surface area (Å²) in [7, 11) is 0. The van der Waals surface area contributed by atoms with Crippen LogP contribution in [0.4, 0.5) is 4.79 Å². The summed E-state index contributed by atoms with van der Waals surface area (Å²) in [6.07, 6.45) is 48.9. The highest BCUT2D eigenvalue weighted by Crippen LogP contribution is 2.22. The number of aliphatic hydroxyl groups excluding tert-OH is 1. The Hall–Kier alpha value is -1.34. The van der Waals surface area contributed by atoms with Crippen molar-refractivity contribution in [3.8, 4) is 0 Å². The first-order valence-corrected chi connectivity index (χ1v) is 27.8. The second kappa shape index (κ2) is 50.7. The van der Waals surface area contributed by atoms with Crippen LogP contribution in [0.2, 0.25) is 0 Å². The van der Waals surface area contributed by atoms with E-state index in [4.69, 9.17) is 14.2 Å². The predicted octanol–water partition coefficient (Wildman–Crippen LogP) is 17.0. The first kappa shape index (κ1) is 60.7. The van der Waals surface area contributed by atoms with Crippen LogP contribution >= 0.6 is 0 Å². The van der Waals surface area contributed by atoms with Crippen LogP contribution in [-0.4, -0.2) is 67.7 Å². The molecule has 0 spiro atoms. The molecule has 0 aromatic rings. The van der Waals surface area contributed by atoms with E-state index in [-0.39, 0.29) is 24.6 Å². The molecule has 0 aromatic carbocycles. The fraction of sp³-hybridized carbons (Fsp3) is 0.964. The molecule has 0 aliphatic carbocycles. The molecule has 7 heteroatoms. The molecule has 0 aromatic heterocycles. The van der Waals surface area contributed by atoms with Crippen LogP contribution in [0.25, 0.3) is 0 Å². The molecule has 0 heterocycles. The molecular weight excluding hydrogens is 771 g/mol. The van der Waals surface area contributed by atoms with Gasteiger partial charge < -0.3 is 24.2 Å². The van der Waals surface area contributed by atoms with Gasteiger partial charge in [0.1, 0.15) is 6.10 Å². The summed E-state index contributed by atoms with van der Waals surface area (Å²) in [6.45, 7) is 13.2. The van der Waals surface area contributed by atoms with Crippen LogP contribution in [0, 0.1) is 5.92 Å². The molecule has 0 rings (SSSR count). The van der Waals surface area contributed by atoms with Gasteiger partial charge in [-0.3, -0.25) is 4.79 Å². The lowest BCUT2D eigenvalue weighted by Crippen LogP contribution is -2.29. The van der Waals surface area contributed by atoms with E-state index in [1.807, 2.05) is 0 Å². The highest BCUT2D eigenvalue weighted by atomic mass is 16.7. The van der Waals surface area contributed by atoms with E-state index in [9.17, 15) is 14.7 Å². The molecule has 1 N–H and O–H groups in total. The van der Waals surface area contributed by atoms with Crippen molar-refractivity contribution in [1.29, 1.82) is 0 Å². The fourth-order valence-electron chi connectivity index (χ4n) is 8.85. The number of nitrogens with zero attached hydrogens (tertiary/aromatic N) is 1. The van der Waals surface area contributed by atoms with Crippen molar-refractivity contribution in [2.45, 2.75) is 297 Å². The van der Waals surface area contributed by atoms with E-state index in [0.29, 0.717) is 13.2 Å². The molecule has 0 fully saturated rings. The lowest BCUT2D eigenvalue weighted by atomic mass is 9.94. The maximum absolute atomic E-state index is 13.0. The van der Waals surface area contributed by atoms with Crippen molar-refractivity contribution in [2.24, 2.45) is 5.92 Å². The molecule has 7 nitrogen and oxygen atoms in total. The third-order valence-corrected chi connectivity index (χ3v) is 13.0. The van der Waals surface area contributed by atoms with Crippen molar-refractivity contribution in [3.63, 3.8) is 0 Å². The smallest absolute Gasteiger partial charge is 0.465 e. The zero-order chi connectivity index (χ0) is 45.2. The van der Waals surface area contributed by atoms with Crippen molar-refractivity contribution in [1.82, 2.24) is 4.90 Å². The Morgan fingerprint density at radius 3 is 1.11 bits per heavy atom. The number of esters is 1. The topological polar surface area (TPSA) is 85.3 Å². The molecule has 370 valence electrons.